The molecule has 4 rings (SSSR count). The molecule has 1 fully saturated rings. The number of amides is 1. The van der Waals surface area contributed by atoms with Crippen molar-refractivity contribution < 1.29 is 14.3 Å². The van der Waals surface area contributed by atoms with Crippen molar-refractivity contribution in [1.82, 2.24) is 9.99 Å². The topological polar surface area (TPSA) is 64.8 Å². The van der Waals surface area contributed by atoms with Gasteiger partial charge in [-0.15, -0.1) is 0 Å². The maximum absolute atomic E-state index is 12.2. The highest BCUT2D eigenvalue weighted by Crippen LogP contribution is 2.28. The largest absolute Gasteiger partial charge is 0.347 e. The maximum Gasteiger partial charge on any atom is 0.245 e. The van der Waals surface area contributed by atoms with Gasteiger partial charge in [0.2, 0.25) is 5.91 Å². The molecule has 1 N–H and O–H groups in total. The molecule has 0 unspecified atom stereocenters. The van der Waals surface area contributed by atoms with E-state index in [1.807, 2.05) is 37.3 Å². The lowest BCUT2D eigenvalue weighted by Crippen LogP contribution is -2.33. The van der Waals surface area contributed by atoms with Gasteiger partial charge in [-0.3, -0.25) is 4.79 Å². The number of aromatic nitrogens is 1. The minimum atomic E-state index is -0.884. The molecule has 2 heterocycles. The van der Waals surface area contributed by atoms with Crippen molar-refractivity contribution in [1.29, 1.82) is 0 Å². The lowest BCUT2D eigenvalue weighted by atomic mass is 10.1. The molecule has 3 aromatic rings. The van der Waals surface area contributed by atoms with Crippen molar-refractivity contribution in [2.24, 2.45) is 5.10 Å². The Kier molecular flexibility index (Phi) is 6.34. The molecular formula is C23H23Cl2N3O3. The molecule has 0 saturated carbocycles. The highest BCUT2D eigenvalue weighted by atomic mass is 35.5. The minimum absolute atomic E-state index is 0.0857. The lowest BCUT2D eigenvalue weighted by Gasteiger charge is -2.20. The molecule has 6 nitrogen and oxygen atoms in total. The second-order valence-corrected chi connectivity index (χ2v) is 8.47. The van der Waals surface area contributed by atoms with Gasteiger partial charge in [-0.25, -0.2) is 5.43 Å². The Bertz CT molecular complexity index is 1150. The van der Waals surface area contributed by atoms with Crippen LogP contribution < -0.4 is 5.43 Å². The Morgan fingerprint density at radius 2 is 1.94 bits per heavy atom. The van der Waals surface area contributed by atoms with Crippen LogP contribution >= 0.6 is 23.2 Å². The third-order valence-electron chi connectivity index (χ3n) is 5.37. The number of halogens is 2. The second-order valence-electron chi connectivity index (χ2n) is 7.65. The predicted octanol–water partition coefficient (Wildman–Crippen LogP) is 4.91. The molecule has 0 spiro atoms. The van der Waals surface area contributed by atoms with Crippen LogP contribution in [0.5, 0.6) is 0 Å². The van der Waals surface area contributed by atoms with Gasteiger partial charge in [-0.1, -0.05) is 47.5 Å². The van der Waals surface area contributed by atoms with Crippen LogP contribution in [-0.2, 0) is 20.8 Å². The molecule has 1 amide bonds. The summed E-state index contributed by atoms with van der Waals surface area (Å²) in [5.74, 6) is -1.15. The first-order valence-corrected chi connectivity index (χ1v) is 10.7. The average molecular weight is 460 g/mol. The number of benzene rings is 2. The van der Waals surface area contributed by atoms with Crippen LogP contribution in [-0.4, -0.2) is 35.7 Å². The summed E-state index contributed by atoms with van der Waals surface area (Å²) in [6.07, 6.45) is 1.77. The van der Waals surface area contributed by atoms with E-state index in [0.717, 1.165) is 27.7 Å². The van der Waals surface area contributed by atoms with Crippen LogP contribution in [0.1, 0.15) is 30.2 Å². The van der Waals surface area contributed by atoms with Crippen LogP contribution in [0.3, 0.4) is 0 Å². The van der Waals surface area contributed by atoms with Crippen molar-refractivity contribution in [3.05, 3.63) is 69.3 Å². The molecule has 31 heavy (non-hydrogen) atoms. The number of carbonyl (C=O) groups is 1. The Morgan fingerprint density at radius 1 is 1.19 bits per heavy atom. The van der Waals surface area contributed by atoms with Gasteiger partial charge in [0.25, 0.3) is 0 Å². The van der Waals surface area contributed by atoms with Gasteiger partial charge in [-0.05, 0) is 37.6 Å². The molecule has 1 saturated heterocycles. The first-order chi connectivity index (χ1) is 14.9. The molecule has 0 radical (unpaired) electrons. The number of hydrogen-bond donors (Lipinski definition) is 1. The molecule has 8 heteroatoms. The Labute approximate surface area is 190 Å². The van der Waals surface area contributed by atoms with Gasteiger partial charge >= 0.3 is 0 Å². The summed E-state index contributed by atoms with van der Waals surface area (Å²) in [7, 11) is 0. The SMILES string of the molecule is Cc1c(/C=N\NC(=O)CC2(C)OCCO2)c2ccccc2n1Cc1ccc(Cl)c(Cl)c1. The van der Waals surface area contributed by atoms with E-state index in [9.17, 15) is 4.79 Å². The standard InChI is InChI=1S/C23H23Cl2N3O3/c1-15-18(13-26-27-22(29)12-23(2)30-9-10-31-23)17-5-3-4-6-21(17)28(15)14-16-7-8-19(24)20(25)11-16/h3-8,11,13H,9-10,12,14H2,1-2H3,(H,27,29)/b26-13-. The van der Waals surface area contributed by atoms with Crippen LogP contribution in [0, 0.1) is 6.92 Å². The second kappa shape index (κ2) is 9.01. The first-order valence-electron chi connectivity index (χ1n) is 9.98. The van der Waals surface area contributed by atoms with Crippen LogP contribution in [0.25, 0.3) is 10.9 Å². The van der Waals surface area contributed by atoms with Gasteiger partial charge in [0, 0.05) is 28.7 Å². The van der Waals surface area contributed by atoms with E-state index in [0.29, 0.717) is 29.8 Å². The van der Waals surface area contributed by atoms with Crippen molar-refractivity contribution >= 4 is 46.2 Å². The molecule has 0 aliphatic carbocycles. The zero-order valence-corrected chi connectivity index (χ0v) is 18.8. The molecule has 0 bridgehead atoms. The number of nitrogens with one attached hydrogen (secondary N) is 1. The van der Waals surface area contributed by atoms with Gasteiger partial charge in [0.15, 0.2) is 5.79 Å². The number of ether oxygens (including phenoxy) is 2. The predicted molar refractivity (Wildman–Crippen MR) is 123 cm³/mol. The van der Waals surface area contributed by atoms with Crippen LogP contribution in [0.2, 0.25) is 10.0 Å². The number of fused-ring (bicyclic) bond motifs is 1. The van der Waals surface area contributed by atoms with E-state index in [4.69, 9.17) is 32.7 Å². The molecule has 1 aliphatic heterocycles. The highest BCUT2D eigenvalue weighted by molar-refractivity contribution is 6.42. The summed E-state index contributed by atoms with van der Waals surface area (Å²) in [6.45, 7) is 5.40. The summed E-state index contributed by atoms with van der Waals surface area (Å²) in [4.78, 5) is 12.2. The minimum Gasteiger partial charge on any atom is -0.347 e. The monoisotopic (exact) mass is 459 g/mol. The highest BCUT2D eigenvalue weighted by Gasteiger charge is 2.33. The molecule has 2 aromatic carbocycles. The molecule has 0 atom stereocenters. The van der Waals surface area contributed by atoms with Gasteiger partial charge in [0.1, 0.15) is 0 Å². The van der Waals surface area contributed by atoms with E-state index < -0.39 is 5.79 Å². The van der Waals surface area contributed by atoms with Crippen LogP contribution in [0.4, 0.5) is 0 Å². The summed E-state index contributed by atoms with van der Waals surface area (Å²) in [5.41, 5.74) is 6.65. The molecular weight excluding hydrogens is 437 g/mol. The Balaban J connectivity index is 1.56. The summed E-state index contributed by atoms with van der Waals surface area (Å²) in [5, 5.41) is 6.29. The number of hydrazone groups is 1. The third kappa shape index (κ3) is 4.77. The van der Waals surface area contributed by atoms with E-state index in [1.54, 1.807) is 19.2 Å². The zero-order valence-electron chi connectivity index (χ0n) is 17.3. The van der Waals surface area contributed by atoms with Crippen LogP contribution in [0.15, 0.2) is 47.6 Å². The molecule has 1 aliphatic rings. The lowest BCUT2D eigenvalue weighted by molar-refractivity contribution is -0.159. The maximum atomic E-state index is 12.2. The first kappa shape index (κ1) is 21.8. The van der Waals surface area contributed by atoms with E-state index in [1.165, 1.54) is 0 Å². The third-order valence-corrected chi connectivity index (χ3v) is 6.11. The average Bonchev–Trinajstić information content (AvgIpc) is 3.27. The molecule has 1 aromatic heterocycles. The summed E-state index contributed by atoms with van der Waals surface area (Å²) >= 11 is 12.2. The fourth-order valence-electron chi connectivity index (χ4n) is 3.80. The van der Waals surface area contributed by atoms with Gasteiger partial charge in [-0.2, -0.15) is 5.10 Å². The number of hydrogen-bond acceptors (Lipinski definition) is 4. The normalized spacial score (nSPS) is 15.7. The number of para-hydroxylation sites is 1. The van der Waals surface area contributed by atoms with Gasteiger partial charge in [0.05, 0.1) is 35.9 Å². The molecule has 162 valence electrons. The van der Waals surface area contributed by atoms with Crippen molar-refractivity contribution in [3.63, 3.8) is 0 Å². The van der Waals surface area contributed by atoms with Crippen molar-refractivity contribution in [2.45, 2.75) is 32.6 Å². The van der Waals surface area contributed by atoms with E-state index in [-0.39, 0.29) is 12.3 Å². The smallest absolute Gasteiger partial charge is 0.245 e. The van der Waals surface area contributed by atoms with Gasteiger partial charge < -0.3 is 14.0 Å². The summed E-state index contributed by atoms with van der Waals surface area (Å²) in [6, 6.07) is 13.7. The fourth-order valence-corrected chi connectivity index (χ4v) is 4.12. The van der Waals surface area contributed by atoms with E-state index in [2.05, 4.69) is 21.2 Å². The number of nitrogens with zero attached hydrogens (tertiary/aromatic N) is 2. The quantitative estimate of drug-likeness (QED) is 0.420. The zero-order chi connectivity index (χ0) is 22.0. The fraction of sp³-hybridized carbons (Fsp3) is 0.304. The van der Waals surface area contributed by atoms with E-state index >= 15 is 0 Å². The Hall–Kier alpha value is -2.38. The Morgan fingerprint density at radius 3 is 2.68 bits per heavy atom. The number of rotatable bonds is 6. The van der Waals surface area contributed by atoms with Crippen molar-refractivity contribution in [3.8, 4) is 0 Å². The summed E-state index contributed by atoms with van der Waals surface area (Å²) < 4.78 is 13.1. The van der Waals surface area contributed by atoms with Crippen molar-refractivity contribution in [2.75, 3.05) is 13.2 Å². The number of carbonyl (C=O) groups excluding carboxylic acids is 1.